The summed E-state index contributed by atoms with van der Waals surface area (Å²) in [5.41, 5.74) is 0.308. The predicted octanol–water partition coefficient (Wildman–Crippen LogP) is 0.984. The Morgan fingerprint density at radius 1 is 1.40 bits per heavy atom. The highest BCUT2D eigenvalue weighted by Crippen LogP contribution is 2.20. The van der Waals surface area contributed by atoms with Gasteiger partial charge < -0.3 is 20.4 Å². The second-order valence-corrected chi connectivity index (χ2v) is 4.62. The number of hydrogen-bond donors (Lipinski definition) is 3. The Labute approximate surface area is 123 Å². The maximum Gasteiger partial charge on any atom is 0.255 e. The largest absolute Gasteiger partial charge is 0.395 e. The molecule has 0 aromatic carbocycles. The highest BCUT2D eigenvalue weighted by atomic mass is 35.5. The minimum atomic E-state index is -0.333. The normalized spacial score (nSPS) is 10.4. The zero-order valence-corrected chi connectivity index (χ0v) is 12.2. The molecule has 0 spiro atoms. The summed E-state index contributed by atoms with van der Waals surface area (Å²) in [5.74, 6) is 0.243. The fourth-order valence-electron chi connectivity index (χ4n) is 1.68. The Bertz CT molecular complexity index is 437. The first-order chi connectivity index (χ1) is 9.63. The Kier molecular flexibility index (Phi) is 7.28. The molecule has 20 heavy (non-hydrogen) atoms. The van der Waals surface area contributed by atoms with Crippen molar-refractivity contribution in [2.75, 3.05) is 38.2 Å². The number of aromatic nitrogens is 1. The summed E-state index contributed by atoms with van der Waals surface area (Å²) < 4.78 is 0. The third-order valence-corrected chi connectivity index (χ3v) is 2.97. The summed E-state index contributed by atoms with van der Waals surface area (Å²) in [4.78, 5) is 17.8. The van der Waals surface area contributed by atoms with E-state index in [0.29, 0.717) is 11.4 Å². The van der Waals surface area contributed by atoms with E-state index >= 15 is 0 Å². The van der Waals surface area contributed by atoms with Crippen molar-refractivity contribution in [2.45, 2.75) is 13.3 Å². The van der Waals surface area contributed by atoms with Crippen molar-refractivity contribution in [3.8, 4) is 0 Å². The molecule has 0 radical (unpaired) electrons. The first-order valence-electron chi connectivity index (χ1n) is 6.54. The van der Waals surface area contributed by atoms with E-state index in [1.54, 1.807) is 6.07 Å². The average molecular weight is 302 g/mol. The third-order valence-electron chi connectivity index (χ3n) is 2.67. The van der Waals surface area contributed by atoms with Crippen molar-refractivity contribution in [2.24, 2.45) is 0 Å². The van der Waals surface area contributed by atoms with Crippen LogP contribution in [0, 0.1) is 0 Å². The summed E-state index contributed by atoms with van der Waals surface area (Å²) in [5, 5.41) is 21.3. The summed E-state index contributed by atoms with van der Waals surface area (Å²) in [6.45, 7) is 2.73. The molecule has 0 aliphatic carbocycles. The van der Waals surface area contributed by atoms with Crippen molar-refractivity contribution < 1.29 is 15.0 Å². The van der Waals surface area contributed by atoms with Crippen LogP contribution in [0.25, 0.3) is 0 Å². The predicted molar refractivity (Wildman–Crippen MR) is 78.1 cm³/mol. The van der Waals surface area contributed by atoms with Crippen molar-refractivity contribution in [3.05, 3.63) is 22.8 Å². The first-order valence-corrected chi connectivity index (χ1v) is 6.92. The van der Waals surface area contributed by atoms with Gasteiger partial charge in [-0.1, -0.05) is 18.5 Å². The Morgan fingerprint density at radius 2 is 2.05 bits per heavy atom. The van der Waals surface area contributed by atoms with Crippen molar-refractivity contribution in [1.29, 1.82) is 0 Å². The van der Waals surface area contributed by atoms with Crippen LogP contribution in [0.5, 0.6) is 0 Å². The quantitative estimate of drug-likeness (QED) is 0.666. The maximum atomic E-state index is 12.3. The van der Waals surface area contributed by atoms with E-state index in [1.165, 1.54) is 11.1 Å². The van der Waals surface area contributed by atoms with Crippen LogP contribution in [0.2, 0.25) is 5.02 Å². The summed E-state index contributed by atoms with van der Waals surface area (Å²) in [6, 6.07) is 1.59. The van der Waals surface area contributed by atoms with E-state index in [-0.39, 0.29) is 37.2 Å². The van der Waals surface area contributed by atoms with Crippen molar-refractivity contribution >= 4 is 23.3 Å². The van der Waals surface area contributed by atoms with Crippen LogP contribution in [0.3, 0.4) is 0 Å². The second-order valence-electron chi connectivity index (χ2n) is 4.22. The number of nitrogens with one attached hydrogen (secondary N) is 1. The number of pyridine rings is 1. The number of anilines is 1. The van der Waals surface area contributed by atoms with Gasteiger partial charge in [-0.25, -0.2) is 4.98 Å². The number of halogens is 1. The SMILES string of the molecule is CCCNc1cc(C(=O)N(CCO)CCO)c(Cl)cn1. The molecule has 7 heteroatoms. The fourth-order valence-corrected chi connectivity index (χ4v) is 1.86. The lowest BCUT2D eigenvalue weighted by Gasteiger charge is -2.21. The van der Waals surface area contributed by atoms with Crippen LogP contribution in [0.4, 0.5) is 5.82 Å². The number of rotatable bonds is 8. The van der Waals surface area contributed by atoms with Gasteiger partial charge in [0.1, 0.15) is 5.82 Å². The molecular weight excluding hydrogens is 282 g/mol. The van der Waals surface area contributed by atoms with Crippen molar-refractivity contribution in [3.63, 3.8) is 0 Å². The second kappa shape index (κ2) is 8.73. The number of amides is 1. The molecule has 0 saturated carbocycles. The smallest absolute Gasteiger partial charge is 0.255 e. The number of carbonyl (C=O) groups excluding carboxylic acids is 1. The van der Waals surface area contributed by atoms with Gasteiger partial charge in [-0.05, 0) is 12.5 Å². The molecule has 0 fully saturated rings. The Balaban J connectivity index is 2.94. The lowest BCUT2D eigenvalue weighted by atomic mass is 10.2. The van der Waals surface area contributed by atoms with Gasteiger partial charge in [0.2, 0.25) is 0 Å². The monoisotopic (exact) mass is 301 g/mol. The first kappa shape index (κ1) is 16.7. The molecule has 1 aromatic rings. The van der Waals surface area contributed by atoms with E-state index in [1.807, 2.05) is 6.92 Å². The molecule has 112 valence electrons. The van der Waals surface area contributed by atoms with Crippen LogP contribution in [-0.2, 0) is 0 Å². The van der Waals surface area contributed by atoms with Crippen molar-refractivity contribution in [1.82, 2.24) is 9.88 Å². The zero-order chi connectivity index (χ0) is 15.0. The maximum absolute atomic E-state index is 12.3. The van der Waals surface area contributed by atoms with Gasteiger partial charge in [-0.3, -0.25) is 4.79 Å². The summed E-state index contributed by atoms with van der Waals surface area (Å²) in [7, 11) is 0. The van der Waals surface area contributed by atoms with Crippen LogP contribution in [-0.4, -0.2) is 58.9 Å². The third kappa shape index (κ3) is 4.63. The molecule has 1 heterocycles. The molecule has 1 amide bonds. The van der Waals surface area contributed by atoms with Gasteiger partial charge in [-0.2, -0.15) is 0 Å². The molecule has 1 rings (SSSR count). The average Bonchev–Trinajstić information content (AvgIpc) is 2.45. The van der Waals surface area contributed by atoms with Crippen LogP contribution < -0.4 is 5.32 Å². The minimum Gasteiger partial charge on any atom is -0.395 e. The molecule has 0 atom stereocenters. The molecule has 3 N–H and O–H groups in total. The number of nitrogens with zero attached hydrogens (tertiary/aromatic N) is 2. The molecule has 6 nitrogen and oxygen atoms in total. The van der Waals surface area contributed by atoms with Gasteiger partial charge in [0, 0.05) is 25.8 Å². The van der Waals surface area contributed by atoms with E-state index in [2.05, 4.69) is 10.3 Å². The molecule has 0 aliphatic rings. The highest BCUT2D eigenvalue weighted by molar-refractivity contribution is 6.33. The topological polar surface area (TPSA) is 85.7 Å². The van der Waals surface area contributed by atoms with Crippen LogP contribution in [0.15, 0.2) is 12.3 Å². The fraction of sp³-hybridized carbons (Fsp3) is 0.538. The number of hydrogen-bond acceptors (Lipinski definition) is 5. The van der Waals surface area contributed by atoms with Crippen LogP contribution >= 0.6 is 11.6 Å². The van der Waals surface area contributed by atoms with Gasteiger partial charge in [0.15, 0.2) is 0 Å². The summed E-state index contributed by atoms with van der Waals surface area (Å²) in [6.07, 6.45) is 2.36. The van der Waals surface area contributed by atoms with Gasteiger partial charge in [0.25, 0.3) is 5.91 Å². The number of aliphatic hydroxyl groups is 2. The zero-order valence-electron chi connectivity index (χ0n) is 11.5. The van der Waals surface area contributed by atoms with E-state index in [9.17, 15) is 4.79 Å². The molecule has 0 unspecified atom stereocenters. The number of carbonyl (C=O) groups is 1. The van der Waals surface area contributed by atoms with Gasteiger partial charge in [-0.15, -0.1) is 0 Å². The van der Waals surface area contributed by atoms with Gasteiger partial charge >= 0.3 is 0 Å². The van der Waals surface area contributed by atoms with E-state index < -0.39 is 0 Å². The standard InChI is InChI=1S/C13H20ClN3O3/c1-2-3-15-12-8-10(11(14)9-16-12)13(20)17(4-6-18)5-7-19/h8-9,18-19H,2-7H2,1H3,(H,15,16). The Morgan fingerprint density at radius 3 is 2.60 bits per heavy atom. The minimum absolute atomic E-state index is 0.149. The molecular formula is C13H20ClN3O3. The highest BCUT2D eigenvalue weighted by Gasteiger charge is 2.18. The molecule has 0 saturated heterocycles. The molecule has 1 aromatic heterocycles. The molecule has 0 bridgehead atoms. The lowest BCUT2D eigenvalue weighted by molar-refractivity contribution is 0.0685. The Hall–Kier alpha value is -1.37. The van der Waals surface area contributed by atoms with E-state index in [4.69, 9.17) is 21.8 Å². The van der Waals surface area contributed by atoms with Gasteiger partial charge in [0.05, 0.1) is 23.8 Å². The molecule has 0 aliphatic heterocycles. The summed E-state index contributed by atoms with van der Waals surface area (Å²) >= 11 is 6.01. The van der Waals surface area contributed by atoms with Crippen LogP contribution in [0.1, 0.15) is 23.7 Å². The lowest BCUT2D eigenvalue weighted by Crippen LogP contribution is -2.36. The van der Waals surface area contributed by atoms with E-state index in [0.717, 1.165) is 13.0 Å². The number of aliphatic hydroxyl groups excluding tert-OH is 2.